The molecule has 2 aliphatic heterocycles. The zero-order valence-electron chi connectivity index (χ0n) is 15.8. The summed E-state index contributed by atoms with van der Waals surface area (Å²) >= 11 is 1.55. The van der Waals surface area contributed by atoms with E-state index in [0.29, 0.717) is 11.7 Å². The topological polar surface area (TPSA) is 65.5 Å². The summed E-state index contributed by atoms with van der Waals surface area (Å²) in [5.74, 6) is 0.451. The number of nitrogens with zero attached hydrogens (tertiary/aromatic N) is 3. The van der Waals surface area contributed by atoms with Crippen molar-refractivity contribution >= 4 is 34.0 Å². The number of nitrogens with one attached hydrogen (secondary N) is 1. The molecular formula is C21H24N4O2S. The molecule has 2 aromatic rings. The van der Waals surface area contributed by atoms with Crippen LogP contribution in [0.2, 0.25) is 0 Å². The molecule has 6 nitrogen and oxygen atoms in total. The molecule has 0 radical (unpaired) electrons. The molecule has 3 aliphatic rings. The van der Waals surface area contributed by atoms with Crippen molar-refractivity contribution in [3.8, 4) is 0 Å². The minimum absolute atomic E-state index is 0.0990. The Morgan fingerprint density at radius 2 is 2.04 bits per heavy atom. The van der Waals surface area contributed by atoms with Crippen LogP contribution in [0.3, 0.4) is 0 Å². The summed E-state index contributed by atoms with van der Waals surface area (Å²) in [5, 5.41) is 3.66. The number of aromatic nitrogens is 1. The molecule has 3 heterocycles. The van der Waals surface area contributed by atoms with Crippen LogP contribution in [0, 0.1) is 5.92 Å². The molecule has 1 saturated carbocycles. The summed E-state index contributed by atoms with van der Waals surface area (Å²) < 4.78 is 0. The molecule has 0 spiro atoms. The molecule has 1 aliphatic carbocycles. The smallest absolute Gasteiger partial charge is 0.241 e. The lowest BCUT2D eigenvalue weighted by Gasteiger charge is -2.32. The second kappa shape index (κ2) is 7.29. The number of carbonyl (C=O) groups is 2. The van der Waals surface area contributed by atoms with Gasteiger partial charge in [-0.2, -0.15) is 0 Å². The zero-order valence-corrected chi connectivity index (χ0v) is 16.6. The number of aryl methyl sites for hydroxylation is 1. The van der Waals surface area contributed by atoms with Gasteiger partial charge in [0, 0.05) is 42.5 Å². The third kappa shape index (κ3) is 3.56. The van der Waals surface area contributed by atoms with Crippen molar-refractivity contribution in [2.45, 2.75) is 38.6 Å². The Kier molecular flexibility index (Phi) is 4.64. The maximum Gasteiger partial charge on any atom is 0.241 e. The Morgan fingerprint density at radius 1 is 1.18 bits per heavy atom. The minimum atomic E-state index is 0.0990. The highest BCUT2D eigenvalue weighted by Crippen LogP contribution is 2.33. The molecule has 7 heteroatoms. The van der Waals surface area contributed by atoms with E-state index >= 15 is 0 Å². The predicted octanol–water partition coefficient (Wildman–Crippen LogP) is 2.83. The average molecular weight is 397 g/mol. The van der Waals surface area contributed by atoms with Crippen LogP contribution in [0.15, 0.2) is 24.3 Å². The molecule has 0 bridgehead atoms. The fraction of sp³-hybridized carbons (Fsp3) is 0.476. The summed E-state index contributed by atoms with van der Waals surface area (Å²) in [5.41, 5.74) is 3.41. The highest BCUT2D eigenvalue weighted by molar-refractivity contribution is 7.15. The number of benzene rings is 1. The van der Waals surface area contributed by atoms with Crippen molar-refractivity contribution in [3.05, 3.63) is 40.4 Å². The van der Waals surface area contributed by atoms with Crippen LogP contribution in [-0.2, 0) is 29.0 Å². The maximum atomic E-state index is 13.0. The minimum Gasteiger partial charge on any atom is -0.311 e. The molecule has 1 N–H and O–H groups in total. The third-order valence-electron chi connectivity index (χ3n) is 5.76. The van der Waals surface area contributed by atoms with Gasteiger partial charge >= 0.3 is 0 Å². The van der Waals surface area contributed by atoms with Crippen LogP contribution < -0.4 is 10.2 Å². The van der Waals surface area contributed by atoms with Crippen molar-refractivity contribution in [1.29, 1.82) is 0 Å². The van der Waals surface area contributed by atoms with Gasteiger partial charge in [0.05, 0.1) is 12.2 Å². The molecule has 0 atom stereocenters. The van der Waals surface area contributed by atoms with E-state index in [2.05, 4.69) is 27.3 Å². The Hall–Kier alpha value is -2.25. The molecule has 2 amide bonds. The quantitative estimate of drug-likeness (QED) is 0.863. The average Bonchev–Trinajstić information content (AvgIpc) is 3.48. The molecule has 1 aromatic carbocycles. The van der Waals surface area contributed by atoms with E-state index in [-0.39, 0.29) is 17.7 Å². The second-order valence-electron chi connectivity index (χ2n) is 7.89. The van der Waals surface area contributed by atoms with E-state index in [1.165, 1.54) is 10.4 Å². The molecule has 146 valence electrons. The fourth-order valence-corrected chi connectivity index (χ4v) is 5.11. The van der Waals surface area contributed by atoms with Gasteiger partial charge < -0.3 is 10.2 Å². The van der Waals surface area contributed by atoms with Gasteiger partial charge in [0.25, 0.3) is 0 Å². The van der Waals surface area contributed by atoms with Gasteiger partial charge in [-0.3, -0.25) is 14.5 Å². The summed E-state index contributed by atoms with van der Waals surface area (Å²) in [6.07, 6.45) is 4.88. The zero-order chi connectivity index (χ0) is 19.1. The first-order valence-corrected chi connectivity index (χ1v) is 10.9. The van der Waals surface area contributed by atoms with Gasteiger partial charge in [-0.1, -0.05) is 18.2 Å². The number of hydrogen-bond acceptors (Lipinski definition) is 5. The first-order valence-electron chi connectivity index (χ1n) is 10.1. The van der Waals surface area contributed by atoms with Gasteiger partial charge in [-0.15, -0.1) is 11.3 Å². The second-order valence-corrected chi connectivity index (χ2v) is 8.97. The first kappa shape index (κ1) is 17.8. The number of carbonyl (C=O) groups excluding carboxylic acids is 2. The molecule has 1 fully saturated rings. The molecular weight excluding hydrogens is 372 g/mol. The van der Waals surface area contributed by atoms with Gasteiger partial charge in [0.15, 0.2) is 5.13 Å². The SMILES string of the molecule is O=C(Nc1nc2c(s1)CN(CC(=O)N1CCCc3ccccc31)CC2)C1CC1. The number of anilines is 2. The van der Waals surface area contributed by atoms with Gasteiger partial charge in [0.2, 0.25) is 11.8 Å². The van der Waals surface area contributed by atoms with E-state index in [1.54, 1.807) is 11.3 Å². The van der Waals surface area contributed by atoms with Crippen LogP contribution in [0.1, 0.15) is 35.4 Å². The first-order chi connectivity index (χ1) is 13.7. The number of hydrogen-bond donors (Lipinski definition) is 1. The van der Waals surface area contributed by atoms with Crippen LogP contribution in [0.5, 0.6) is 0 Å². The highest BCUT2D eigenvalue weighted by atomic mass is 32.1. The van der Waals surface area contributed by atoms with E-state index < -0.39 is 0 Å². The Bertz CT molecular complexity index is 921. The van der Waals surface area contributed by atoms with E-state index in [4.69, 9.17) is 0 Å². The number of amides is 2. The maximum absolute atomic E-state index is 13.0. The van der Waals surface area contributed by atoms with Crippen molar-refractivity contribution < 1.29 is 9.59 Å². The van der Waals surface area contributed by atoms with Crippen LogP contribution >= 0.6 is 11.3 Å². The van der Waals surface area contributed by atoms with Crippen LogP contribution in [0.25, 0.3) is 0 Å². The van der Waals surface area contributed by atoms with Crippen LogP contribution in [-0.4, -0.2) is 41.3 Å². The monoisotopic (exact) mass is 396 g/mol. The summed E-state index contributed by atoms with van der Waals surface area (Å²) in [6, 6.07) is 8.23. The number of rotatable bonds is 4. The summed E-state index contributed by atoms with van der Waals surface area (Å²) in [4.78, 5) is 34.9. The van der Waals surface area contributed by atoms with Gasteiger partial charge in [0.1, 0.15) is 0 Å². The lowest BCUT2D eigenvalue weighted by molar-refractivity contribution is -0.120. The van der Waals surface area contributed by atoms with Crippen LogP contribution in [0.4, 0.5) is 10.8 Å². The van der Waals surface area contributed by atoms with E-state index in [9.17, 15) is 9.59 Å². The van der Waals surface area contributed by atoms with Gasteiger partial charge in [-0.25, -0.2) is 4.98 Å². The number of thiazole rings is 1. The summed E-state index contributed by atoms with van der Waals surface area (Å²) in [7, 11) is 0. The van der Waals surface area contributed by atoms with E-state index in [0.717, 1.165) is 63.1 Å². The van der Waals surface area contributed by atoms with Crippen molar-refractivity contribution in [2.24, 2.45) is 5.92 Å². The molecule has 28 heavy (non-hydrogen) atoms. The Balaban J connectivity index is 1.24. The summed E-state index contributed by atoms with van der Waals surface area (Å²) in [6.45, 7) is 2.78. The fourth-order valence-electron chi connectivity index (χ4n) is 4.06. The van der Waals surface area contributed by atoms with Crippen molar-refractivity contribution in [3.63, 3.8) is 0 Å². The number of fused-ring (bicyclic) bond motifs is 2. The lowest BCUT2D eigenvalue weighted by atomic mass is 10.0. The normalized spacial score (nSPS) is 19.1. The third-order valence-corrected chi connectivity index (χ3v) is 6.76. The standard InChI is InChI=1S/C21H24N4O2S/c26-19(25-10-3-5-14-4-1-2-6-17(14)25)13-24-11-9-16-18(12-24)28-21(22-16)23-20(27)15-7-8-15/h1-2,4,6,15H,3,5,7-13H2,(H,22,23,27). The number of para-hydroxylation sites is 1. The molecule has 5 rings (SSSR count). The van der Waals surface area contributed by atoms with Crippen molar-refractivity contribution in [2.75, 3.05) is 29.9 Å². The van der Waals surface area contributed by atoms with Crippen molar-refractivity contribution in [1.82, 2.24) is 9.88 Å². The Morgan fingerprint density at radius 3 is 2.89 bits per heavy atom. The van der Waals surface area contributed by atoms with Gasteiger partial charge in [-0.05, 0) is 37.3 Å². The predicted molar refractivity (Wildman–Crippen MR) is 110 cm³/mol. The molecule has 0 saturated heterocycles. The van der Waals surface area contributed by atoms with E-state index in [1.807, 2.05) is 17.0 Å². The lowest BCUT2D eigenvalue weighted by Crippen LogP contribution is -2.44. The molecule has 1 aromatic heterocycles. The Labute approximate surface area is 168 Å². The largest absolute Gasteiger partial charge is 0.311 e. The molecule has 0 unspecified atom stereocenters. The highest BCUT2D eigenvalue weighted by Gasteiger charge is 2.31.